The van der Waals surface area contributed by atoms with Crippen LogP contribution in [0.3, 0.4) is 0 Å². The lowest BCUT2D eigenvalue weighted by atomic mass is 10.2. The van der Waals surface area contributed by atoms with Gasteiger partial charge in [0, 0.05) is 18.3 Å². The smallest absolute Gasteiger partial charge is 0.268 e. The summed E-state index contributed by atoms with van der Waals surface area (Å²) >= 11 is 0. The molecule has 0 fully saturated rings. The quantitative estimate of drug-likeness (QED) is 0.889. The largest absolute Gasteiger partial charge is 0.348 e. The van der Waals surface area contributed by atoms with Gasteiger partial charge in [0.15, 0.2) is 11.6 Å². The summed E-state index contributed by atoms with van der Waals surface area (Å²) in [5.41, 5.74) is 2.94. The Labute approximate surface area is 135 Å². The lowest BCUT2D eigenvalue weighted by Gasteiger charge is -2.16. The number of benzene rings is 1. The maximum Gasteiger partial charge on any atom is 0.268 e. The van der Waals surface area contributed by atoms with E-state index >= 15 is 0 Å². The van der Waals surface area contributed by atoms with Gasteiger partial charge in [0.05, 0.1) is 0 Å². The molecule has 1 amide bonds. The summed E-state index contributed by atoms with van der Waals surface area (Å²) in [7, 11) is 0. The fourth-order valence-electron chi connectivity index (χ4n) is 2.57. The van der Waals surface area contributed by atoms with Crippen LogP contribution in [-0.4, -0.2) is 16.5 Å². The summed E-state index contributed by atoms with van der Waals surface area (Å²) in [4.78, 5) is 12.5. The van der Waals surface area contributed by atoms with Crippen LogP contribution in [0.15, 0.2) is 24.3 Å². The van der Waals surface area contributed by atoms with Crippen molar-refractivity contribution in [3.63, 3.8) is 0 Å². The first kappa shape index (κ1) is 17.2. The fraction of sp³-hybridized carbons (Fsp3) is 0.389. The molecule has 1 N–H and O–H groups in total. The van der Waals surface area contributed by atoms with Crippen LogP contribution in [0.2, 0.25) is 0 Å². The second-order valence-corrected chi connectivity index (χ2v) is 5.93. The van der Waals surface area contributed by atoms with Gasteiger partial charge < -0.3 is 9.88 Å². The van der Waals surface area contributed by atoms with Gasteiger partial charge in [-0.15, -0.1) is 0 Å². The zero-order valence-electron chi connectivity index (χ0n) is 13.9. The predicted molar refractivity (Wildman–Crippen MR) is 86.6 cm³/mol. The van der Waals surface area contributed by atoms with Gasteiger partial charge in [-0.05, 0) is 56.5 Å². The minimum atomic E-state index is -0.880. The van der Waals surface area contributed by atoms with Crippen molar-refractivity contribution in [3.05, 3.63) is 58.4 Å². The first-order valence-electron chi connectivity index (χ1n) is 7.75. The minimum Gasteiger partial charge on any atom is -0.348 e. The first-order valence-corrected chi connectivity index (χ1v) is 7.75. The van der Waals surface area contributed by atoms with Crippen LogP contribution in [0.5, 0.6) is 0 Å². The molecular weight excluding hydrogens is 298 g/mol. The second-order valence-electron chi connectivity index (χ2n) is 5.93. The average Bonchev–Trinajstić information content (AvgIpc) is 2.77. The van der Waals surface area contributed by atoms with E-state index in [1.807, 2.05) is 38.3 Å². The number of amides is 1. The standard InChI is InChI=1S/C18H22F2N2O/c1-5-12(3)21-18(23)17-11(2)8-13(4)22(17)10-14-6-7-15(19)16(20)9-14/h6-9,12H,5,10H2,1-4H3,(H,21,23). The molecule has 2 rings (SSSR count). The minimum absolute atomic E-state index is 0.0776. The van der Waals surface area contributed by atoms with Crippen LogP contribution in [0.4, 0.5) is 8.78 Å². The van der Waals surface area contributed by atoms with Crippen molar-refractivity contribution in [1.29, 1.82) is 0 Å². The molecule has 2 aromatic rings. The SMILES string of the molecule is CCC(C)NC(=O)c1c(C)cc(C)n1Cc1ccc(F)c(F)c1. The highest BCUT2D eigenvalue weighted by Gasteiger charge is 2.19. The number of aryl methyl sites for hydroxylation is 2. The maximum absolute atomic E-state index is 13.4. The van der Waals surface area contributed by atoms with E-state index in [4.69, 9.17) is 0 Å². The van der Waals surface area contributed by atoms with E-state index in [0.29, 0.717) is 17.8 Å². The number of halogens is 2. The van der Waals surface area contributed by atoms with Crippen LogP contribution >= 0.6 is 0 Å². The summed E-state index contributed by atoms with van der Waals surface area (Å²) < 4.78 is 28.3. The molecule has 1 heterocycles. The predicted octanol–water partition coefficient (Wildman–Crippen LogP) is 3.96. The third-order valence-electron chi connectivity index (χ3n) is 4.02. The number of hydrogen-bond acceptors (Lipinski definition) is 1. The van der Waals surface area contributed by atoms with Gasteiger partial charge in [0.2, 0.25) is 0 Å². The number of nitrogens with one attached hydrogen (secondary N) is 1. The lowest BCUT2D eigenvalue weighted by molar-refractivity contribution is 0.0929. The Bertz CT molecular complexity index is 722. The average molecular weight is 320 g/mol. The number of carbonyl (C=O) groups is 1. The number of hydrogen-bond donors (Lipinski definition) is 1. The summed E-state index contributed by atoms with van der Waals surface area (Å²) in [5, 5.41) is 2.95. The molecule has 0 spiro atoms. The van der Waals surface area contributed by atoms with Crippen molar-refractivity contribution in [1.82, 2.24) is 9.88 Å². The van der Waals surface area contributed by atoms with Gasteiger partial charge in [-0.25, -0.2) is 8.78 Å². The highest BCUT2D eigenvalue weighted by molar-refractivity contribution is 5.94. The molecule has 1 atom stereocenters. The van der Waals surface area contributed by atoms with Crippen LogP contribution < -0.4 is 5.32 Å². The molecule has 124 valence electrons. The molecule has 0 saturated carbocycles. The molecule has 0 saturated heterocycles. The normalized spacial score (nSPS) is 12.3. The van der Waals surface area contributed by atoms with Crippen LogP contribution in [-0.2, 0) is 6.54 Å². The molecule has 3 nitrogen and oxygen atoms in total. The van der Waals surface area contributed by atoms with E-state index in [-0.39, 0.29) is 11.9 Å². The molecule has 1 unspecified atom stereocenters. The third-order valence-corrected chi connectivity index (χ3v) is 4.02. The highest BCUT2D eigenvalue weighted by atomic mass is 19.2. The molecule has 0 aliphatic rings. The van der Waals surface area contributed by atoms with Crippen molar-refractivity contribution >= 4 is 5.91 Å². The van der Waals surface area contributed by atoms with E-state index in [0.717, 1.165) is 23.7 Å². The number of nitrogens with zero attached hydrogens (tertiary/aromatic N) is 1. The molecule has 0 bridgehead atoms. The van der Waals surface area contributed by atoms with Gasteiger partial charge in [-0.1, -0.05) is 13.0 Å². The van der Waals surface area contributed by atoms with Crippen molar-refractivity contribution in [2.45, 2.75) is 46.7 Å². The Morgan fingerprint density at radius 2 is 1.91 bits per heavy atom. The summed E-state index contributed by atoms with van der Waals surface area (Å²) in [6.45, 7) is 8.04. The van der Waals surface area contributed by atoms with Gasteiger partial charge in [0.25, 0.3) is 5.91 Å². The Morgan fingerprint density at radius 3 is 2.52 bits per heavy atom. The van der Waals surface area contributed by atoms with Gasteiger partial charge in [0.1, 0.15) is 5.69 Å². The van der Waals surface area contributed by atoms with Crippen molar-refractivity contribution in [2.75, 3.05) is 0 Å². The Hall–Kier alpha value is -2.17. The summed E-state index contributed by atoms with van der Waals surface area (Å²) in [6.07, 6.45) is 0.841. The summed E-state index contributed by atoms with van der Waals surface area (Å²) in [5.74, 6) is -1.90. The van der Waals surface area contributed by atoms with Crippen LogP contribution in [0.1, 0.15) is 47.6 Å². The van der Waals surface area contributed by atoms with E-state index in [2.05, 4.69) is 5.32 Å². The maximum atomic E-state index is 13.4. The number of carbonyl (C=O) groups excluding carboxylic acids is 1. The van der Waals surface area contributed by atoms with E-state index in [9.17, 15) is 13.6 Å². The molecule has 0 radical (unpaired) electrons. The van der Waals surface area contributed by atoms with Crippen molar-refractivity contribution < 1.29 is 13.6 Å². The molecule has 5 heteroatoms. The van der Waals surface area contributed by atoms with Gasteiger partial charge >= 0.3 is 0 Å². The third kappa shape index (κ3) is 3.78. The number of aromatic nitrogens is 1. The van der Waals surface area contributed by atoms with Gasteiger partial charge in [-0.3, -0.25) is 4.79 Å². The number of rotatable bonds is 5. The first-order chi connectivity index (χ1) is 10.8. The molecule has 0 aliphatic carbocycles. The highest BCUT2D eigenvalue weighted by Crippen LogP contribution is 2.18. The van der Waals surface area contributed by atoms with Crippen LogP contribution in [0, 0.1) is 25.5 Å². The zero-order chi connectivity index (χ0) is 17.1. The Morgan fingerprint density at radius 1 is 1.22 bits per heavy atom. The second kappa shape index (κ2) is 6.94. The van der Waals surface area contributed by atoms with Crippen molar-refractivity contribution in [2.24, 2.45) is 0 Å². The van der Waals surface area contributed by atoms with E-state index in [1.54, 1.807) is 0 Å². The molecule has 1 aromatic carbocycles. The zero-order valence-corrected chi connectivity index (χ0v) is 13.9. The van der Waals surface area contributed by atoms with Crippen LogP contribution in [0.25, 0.3) is 0 Å². The van der Waals surface area contributed by atoms with E-state index < -0.39 is 11.6 Å². The van der Waals surface area contributed by atoms with E-state index in [1.165, 1.54) is 12.1 Å². The fourth-order valence-corrected chi connectivity index (χ4v) is 2.57. The molecular formula is C18H22F2N2O. The Balaban J connectivity index is 2.34. The Kier molecular flexibility index (Phi) is 5.19. The summed E-state index contributed by atoms with van der Waals surface area (Å²) in [6, 6.07) is 5.80. The molecule has 1 aromatic heterocycles. The topological polar surface area (TPSA) is 34.0 Å². The molecule has 23 heavy (non-hydrogen) atoms. The lowest BCUT2D eigenvalue weighted by Crippen LogP contribution is -2.34. The monoisotopic (exact) mass is 320 g/mol. The van der Waals surface area contributed by atoms with Crippen molar-refractivity contribution in [3.8, 4) is 0 Å². The molecule has 0 aliphatic heterocycles. The van der Waals surface area contributed by atoms with Gasteiger partial charge in [-0.2, -0.15) is 0 Å².